The van der Waals surface area contributed by atoms with Crippen LogP contribution in [0.3, 0.4) is 0 Å². The average Bonchev–Trinajstić information content (AvgIpc) is 2.85. The van der Waals surface area contributed by atoms with Gasteiger partial charge in [0.15, 0.2) is 0 Å². The van der Waals surface area contributed by atoms with E-state index >= 15 is 0 Å². The Morgan fingerprint density at radius 3 is 2.58 bits per heavy atom. The van der Waals surface area contributed by atoms with Gasteiger partial charge in [-0.15, -0.1) is 0 Å². The van der Waals surface area contributed by atoms with E-state index in [9.17, 15) is 4.79 Å². The quantitative estimate of drug-likeness (QED) is 0.900. The van der Waals surface area contributed by atoms with Crippen molar-refractivity contribution in [2.75, 3.05) is 11.4 Å². The fourth-order valence-corrected chi connectivity index (χ4v) is 4.40. The molecule has 2 heterocycles. The van der Waals surface area contributed by atoms with E-state index in [0.29, 0.717) is 6.42 Å². The maximum absolute atomic E-state index is 12.4. The van der Waals surface area contributed by atoms with Gasteiger partial charge in [0, 0.05) is 24.1 Å². The van der Waals surface area contributed by atoms with Crippen molar-refractivity contribution in [2.24, 2.45) is 0 Å². The molecule has 1 atom stereocenters. The molecule has 4 rings (SSSR count). The maximum Gasteiger partial charge on any atom is 0.223 e. The Morgan fingerprint density at radius 2 is 1.85 bits per heavy atom. The Balaban J connectivity index is 1.79. The fourth-order valence-electron chi connectivity index (χ4n) is 4.40. The van der Waals surface area contributed by atoms with Crippen molar-refractivity contribution in [3.8, 4) is 0 Å². The minimum Gasteiger partial charge on any atom is -0.344 e. The van der Waals surface area contributed by atoms with Crippen molar-refractivity contribution < 1.29 is 4.79 Å². The highest BCUT2D eigenvalue weighted by atomic mass is 16.2. The smallest absolute Gasteiger partial charge is 0.223 e. The fraction of sp³-hybridized carbons (Fsp3) is 0.348. The van der Waals surface area contributed by atoms with Gasteiger partial charge in [-0.1, -0.05) is 69.3 Å². The lowest BCUT2D eigenvalue weighted by Gasteiger charge is -2.49. The molecule has 1 N–H and O–H groups in total. The third-order valence-electron chi connectivity index (χ3n) is 6.04. The van der Waals surface area contributed by atoms with Gasteiger partial charge in [0.05, 0.1) is 0 Å². The molecule has 1 fully saturated rings. The third kappa shape index (κ3) is 2.38. The summed E-state index contributed by atoms with van der Waals surface area (Å²) < 4.78 is 0. The van der Waals surface area contributed by atoms with Gasteiger partial charge in [-0.05, 0) is 35.3 Å². The van der Waals surface area contributed by atoms with Gasteiger partial charge in [-0.2, -0.15) is 0 Å². The summed E-state index contributed by atoms with van der Waals surface area (Å²) in [7, 11) is 0. The standard InChI is InChI=1S/C23H26N2O/c1-4-17-9-11-18(12-10-17)13-15-23-22(2,3)19-7-5-6-8-20(19)25(23)16-14-21(26)24-23/h5-13,15H,4,14,16H2,1-3H3,(H,24,26). The molecule has 2 aliphatic rings. The Morgan fingerprint density at radius 1 is 1.12 bits per heavy atom. The van der Waals surface area contributed by atoms with E-state index in [-0.39, 0.29) is 11.3 Å². The highest BCUT2D eigenvalue weighted by molar-refractivity contribution is 5.84. The number of nitrogens with zero attached hydrogens (tertiary/aromatic N) is 1. The number of carbonyl (C=O) groups is 1. The number of hydrogen-bond donors (Lipinski definition) is 1. The molecule has 0 aliphatic carbocycles. The molecule has 1 amide bonds. The lowest BCUT2D eigenvalue weighted by Crippen LogP contribution is -2.68. The van der Waals surface area contributed by atoms with Gasteiger partial charge in [0.1, 0.15) is 5.66 Å². The van der Waals surface area contributed by atoms with Gasteiger partial charge in [-0.3, -0.25) is 4.79 Å². The number of carbonyl (C=O) groups excluding carboxylic acids is 1. The molecule has 2 aromatic rings. The van der Waals surface area contributed by atoms with Crippen LogP contribution in [0.2, 0.25) is 0 Å². The van der Waals surface area contributed by atoms with Crippen molar-refractivity contribution >= 4 is 17.7 Å². The number of aryl methyl sites for hydroxylation is 1. The number of amides is 1. The first-order valence-electron chi connectivity index (χ1n) is 9.44. The van der Waals surface area contributed by atoms with Crippen LogP contribution >= 0.6 is 0 Å². The topological polar surface area (TPSA) is 32.3 Å². The largest absolute Gasteiger partial charge is 0.344 e. The molecule has 134 valence electrons. The Kier molecular flexibility index (Phi) is 3.91. The first kappa shape index (κ1) is 16.9. The van der Waals surface area contributed by atoms with Crippen LogP contribution < -0.4 is 10.2 Å². The summed E-state index contributed by atoms with van der Waals surface area (Å²) in [5, 5.41) is 3.32. The van der Waals surface area contributed by atoms with Crippen molar-refractivity contribution in [3.63, 3.8) is 0 Å². The lowest BCUT2D eigenvalue weighted by atomic mass is 9.74. The summed E-state index contributed by atoms with van der Waals surface area (Å²) >= 11 is 0. The number of fused-ring (bicyclic) bond motifs is 3. The summed E-state index contributed by atoms with van der Waals surface area (Å²) in [6.45, 7) is 7.35. The van der Waals surface area contributed by atoms with Crippen LogP contribution in [0.15, 0.2) is 54.6 Å². The normalized spacial score (nSPS) is 23.7. The molecule has 0 bridgehead atoms. The van der Waals surface area contributed by atoms with Gasteiger partial charge in [0.2, 0.25) is 5.91 Å². The Bertz CT molecular complexity index is 866. The molecule has 3 heteroatoms. The van der Waals surface area contributed by atoms with E-state index in [1.54, 1.807) is 0 Å². The monoisotopic (exact) mass is 346 g/mol. The Hall–Kier alpha value is -2.55. The van der Waals surface area contributed by atoms with E-state index in [1.165, 1.54) is 16.8 Å². The minimum atomic E-state index is -0.532. The maximum atomic E-state index is 12.4. The molecular formula is C23H26N2O. The predicted octanol–water partition coefficient (Wildman–Crippen LogP) is 4.28. The molecule has 0 aromatic heterocycles. The molecule has 2 aromatic carbocycles. The van der Waals surface area contributed by atoms with Gasteiger partial charge in [0.25, 0.3) is 0 Å². The van der Waals surface area contributed by atoms with Crippen molar-refractivity contribution in [3.05, 3.63) is 71.3 Å². The van der Waals surface area contributed by atoms with Gasteiger partial charge >= 0.3 is 0 Å². The van der Waals surface area contributed by atoms with Crippen molar-refractivity contribution in [1.82, 2.24) is 5.32 Å². The van der Waals surface area contributed by atoms with Crippen LogP contribution in [0, 0.1) is 0 Å². The zero-order valence-electron chi connectivity index (χ0n) is 15.8. The molecule has 0 spiro atoms. The van der Waals surface area contributed by atoms with Crippen LogP contribution in [-0.2, 0) is 16.6 Å². The number of para-hydroxylation sites is 1. The Labute approximate surface area is 155 Å². The summed E-state index contributed by atoms with van der Waals surface area (Å²) in [5.74, 6) is 0.119. The van der Waals surface area contributed by atoms with E-state index in [4.69, 9.17) is 0 Å². The van der Waals surface area contributed by atoms with Crippen LogP contribution in [0.4, 0.5) is 5.69 Å². The zero-order valence-corrected chi connectivity index (χ0v) is 15.8. The third-order valence-corrected chi connectivity index (χ3v) is 6.04. The number of anilines is 1. The second-order valence-electron chi connectivity index (χ2n) is 7.79. The van der Waals surface area contributed by atoms with Gasteiger partial charge < -0.3 is 10.2 Å². The first-order valence-corrected chi connectivity index (χ1v) is 9.44. The second kappa shape index (κ2) is 6.01. The van der Waals surface area contributed by atoms with Gasteiger partial charge in [-0.25, -0.2) is 0 Å². The number of benzene rings is 2. The molecule has 2 aliphatic heterocycles. The highest BCUT2D eigenvalue weighted by Crippen LogP contribution is 2.52. The SMILES string of the molecule is CCc1ccc(C=CC23NC(=O)CCN2c2ccccc2C3(C)C)cc1. The summed E-state index contributed by atoms with van der Waals surface area (Å²) in [6.07, 6.45) is 5.90. The molecule has 0 radical (unpaired) electrons. The first-order chi connectivity index (χ1) is 12.5. The molecular weight excluding hydrogens is 320 g/mol. The van der Waals surface area contributed by atoms with E-state index in [2.05, 4.69) is 91.7 Å². The molecule has 0 saturated carbocycles. The zero-order chi connectivity index (χ0) is 18.4. The molecule has 26 heavy (non-hydrogen) atoms. The lowest BCUT2D eigenvalue weighted by molar-refractivity contribution is -0.124. The highest BCUT2D eigenvalue weighted by Gasteiger charge is 2.57. The summed E-state index contributed by atoms with van der Waals surface area (Å²) in [6, 6.07) is 17.2. The van der Waals surface area contributed by atoms with Crippen LogP contribution in [0.1, 0.15) is 43.9 Å². The summed E-state index contributed by atoms with van der Waals surface area (Å²) in [5.41, 5.74) is 4.25. The van der Waals surface area contributed by atoms with E-state index in [0.717, 1.165) is 18.5 Å². The second-order valence-corrected chi connectivity index (χ2v) is 7.79. The molecule has 1 unspecified atom stereocenters. The number of rotatable bonds is 3. The van der Waals surface area contributed by atoms with E-state index in [1.807, 2.05) is 0 Å². The van der Waals surface area contributed by atoms with E-state index < -0.39 is 5.66 Å². The van der Waals surface area contributed by atoms with Crippen molar-refractivity contribution in [1.29, 1.82) is 0 Å². The molecule has 1 saturated heterocycles. The minimum absolute atomic E-state index is 0.119. The average molecular weight is 346 g/mol. The summed E-state index contributed by atoms with van der Waals surface area (Å²) in [4.78, 5) is 14.7. The van der Waals surface area contributed by atoms with Crippen molar-refractivity contribution in [2.45, 2.75) is 44.7 Å². The van der Waals surface area contributed by atoms with Crippen LogP contribution in [0.25, 0.3) is 6.08 Å². The van der Waals surface area contributed by atoms with Crippen LogP contribution in [-0.4, -0.2) is 18.1 Å². The predicted molar refractivity (Wildman–Crippen MR) is 107 cm³/mol. The molecule has 3 nitrogen and oxygen atoms in total. The number of nitrogens with one attached hydrogen (secondary N) is 1. The van der Waals surface area contributed by atoms with Crippen LogP contribution in [0.5, 0.6) is 0 Å². The number of hydrogen-bond acceptors (Lipinski definition) is 2.